The Morgan fingerprint density at radius 3 is 2.37 bits per heavy atom. The number of nitro benzene ring substituents is 1. The minimum Gasteiger partial charge on any atom is -0.352 e. The zero-order chi connectivity index (χ0) is 18.8. The Kier molecular flexibility index (Phi) is 4.37. The van der Waals surface area contributed by atoms with Gasteiger partial charge in [0.1, 0.15) is 12.1 Å². The number of carbonyl (C=O) groups is 1. The van der Waals surface area contributed by atoms with E-state index in [-0.39, 0.29) is 11.6 Å². The van der Waals surface area contributed by atoms with Gasteiger partial charge in [-0.1, -0.05) is 12.1 Å². The average molecular weight is 363 g/mol. The van der Waals surface area contributed by atoms with E-state index in [4.69, 9.17) is 0 Å². The second kappa shape index (κ2) is 6.99. The summed E-state index contributed by atoms with van der Waals surface area (Å²) in [4.78, 5) is 35.6. The molecular formula is C19H17N5O3. The second-order valence-corrected chi connectivity index (χ2v) is 6.30. The molecule has 0 saturated carbocycles. The van der Waals surface area contributed by atoms with Crippen LogP contribution in [-0.4, -0.2) is 51.9 Å². The molecule has 0 aliphatic carbocycles. The number of hydrogen-bond acceptors (Lipinski definition) is 6. The molecule has 0 unspecified atom stereocenters. The molecule has 0 bridgehead atoms. The zero-order valence-corrected chi connectivity index (χ0v) is 14.5. The minimum atomic E-state index is -0.473. The first-order valence-corrected chi connectivity index (χ1v) is 8.62. The van der Waals surface area contributed by atoms with E-state index in [2.05, 4.69) is 14.9 Å². The van der Waals surface area contributed by atoms with Gasteiger partial charge in [-0.15, -0.1) is 0 Å². The van der Waals surface area contributed by atoms with Gasteiger partial charge in [0.05, 0.1) is 10.4 Å². The predicted molar refractivity (Wildman–Crippen MR) is 101 cm³/mol. The number of nitro groups is 1. The molecule has 2 heterocycles. The Balaban J connectivity index is 1.47. The molecule has 27 heavy (non-hydrogen) atoms. The molecule has 0 atom stereocenters. The number of para-hydroxylation sites is 1. The average Bonchev–Trinajstić information content (AvgIpc) is 2.73. The molecule has 136 valence electrons. The SMILES string of the molecule is O=C(c1ccc([N+](=O)[O-])cc1)N1CCN(c2ncnc3ccccc23)CC1. The fraction of sp³-hybridized carbons (Fsp3) is 0.211. The van der Waals surface area contributed by atoms with Crippen molar-refractivity contribution in [2.24, 2.45) is 0 Å². The van der Waals surface area contributed by atoms with Crippen LogP contribution >= 0.6 is 0 Å². The highest BCUT2D eigenvalue weighted by atomic mass is 16.6. The van der Waals surface area contributed by atoms with Crippen molar-refractivity contribution >= 4 is 28.3 Å². The number of rotatable bonds is 3. The topological polar surface area (TPSA) is 92.5 Å². The summed E-state index contributed by atoms with van der Waals surface area (Å²) < 4.78 is 0. The van der Waals surface area contributed by atoms with Crippen molar-refractivity contribution in [3.05, 3.63) is 70.5 Å². The first-order valence-electron chi connectivity index (χ1n) is 8.62. The summed E-state index contributed by atoms with van der Waals surface area (Å²) in [6.45, 7) is 2.46. The highest BCUT2D eigenvalue weighted by molar-refractivity contribution is 5.95. The lowest BCUT2D eigenvalue weighted by molar-refractivity contribution is -0.384. The summed E-state index contributed by atoms with van der Waals surface area (Å²) in [7, 11) is 0. The maximum atomic E-state index is 12.6. The fourth-order valence-electron chi connectivity index (χ4n) is 3.27. The van der Waals surface area contributed by atoms with E-state index in [0.717, 1.165) is 16.7 Å². The number of nitrogens with zero attached hydrogens (tertiary/aromatic N) is 5. The van der Waals surface area contributed by atoms with Crippen molar-refractivity contribution in [3.8, 4) is 0 Å². The van der Waals surface area contributed by atoms with Gasteiger partial charge in [-0.25, -0.2) is 9.97 Å². The van der Waals surface area contributed by atoms with Gasteiger partial charge in [-0.2, -0.15) is 0 Å². The molecule has 1 fully saturated rings. The van der Waals surface area contributed by atoms with Gasteiger partial charge in [0, 0.05) is 49.3 Å². The second-order valence-electron chi connectivity index (χ2n) is 6.30. The monoisotopic (exact) mass is 363 g/mol. The molecule has 1 aliphatic heterocycles. The third-order valence-corrected chi connectivity index (χ3v) is 4.71. The highest BCUT2D eigenvalue weighted by Crippen LogP contribution is 2.24. The lowest BCUT2D eigenvalue weighted by Gasteiger charge is -2.35. The van der Waals surface area contributed by atoms with E-state index in [9.17, 15) is 14.9 Å². The summed E-state index contributed by atoms with van der Waals surface area (Å²) in [5, 5.41) is 11.7. The lowest BCUT2D eigenvalue weighted by atomic mass is 10.1. The normalized spacial score (nSPS) is 14.4. The fourth-order valence-corrected chi connectivity index (χ4v) is 3.27. The van der Waals surface area contributed by atoms with Crippen LogP contribution in [0.4, 0.5) is 11.5 Å². The van der Waals surface area contributed by atoms with E-state index in [1.807, 2.05) is 24.3 Å². The molecule has 8 nitrogen and oxygen atoms in total. The van der Waals surface area contributed by atoms with E-state index < -0.39 is 4.92 Å². The molecule has 2 aromatic carbocycles. The minimum absolute atomic E-state index is 0.0213. The van der Waals surface area contributed by atoms with E-state index in [0.29, 0.717) is 31.7 Å². The van der Waals surface area contributed by atoms with Crippen LogP contribution in [0.25, 0.3) is 10.9 Å². The van der Waals surface area contributed by atoms with E-state index in [1.54, 1.807) is 11.2 Å². The Morgan fingerprint density at radius 2 is 1.67 bits per heavy atom. The first-order chi connectivity index (χ1) is 13.1. The van der Waals surface area contributed by atoms with Crippen LogP contribution in [0, 0.1) is 10.1 Å². The number of benzene rings is 2. The molecule has 1 amide bonds. The van der Waals surface area contributed by atoms with Crippen molar-refractivity contribution in [2.45, 2.75) is 0 Å². The van der Waals surface area contributed by atoms with E-state index >= 15 is 0 Å². The molecule has 0 spiro atoms. The Morgan fingerprint density at radius 1 is 0.963 bits per heavy atom. The standard InChI is InChI=1S/C19H17N5O3/c25-19(14-5-7-15(8-6-14)24(26)27)23-11-9-22(10-12-23)18-16-3-1-2-4-17(16)20-13-21-18/h1-8,13H,9-12H2. The van der Waals surface area contributed by atoms with Crippen LogP contribution in [0.3, 0.4) is 0 Å². The first kappa shape index (κ1) is 16.9. The Labute approximate surface area is 155 Å². The number of hydrogen-bond donors (Lipinski definition) is 0. The maximum absolute atomic E-state index is 12.6. The number of piperazine rings is 1. The Bertz CT molecular complexity index is 992. The third kappa shape index (κ3) is 3.29. The van der Waals surface area contributed by atoms with Crippen molar-refractivity contribution in [1.29, 1.82) is 0 Å². The molecule has 0 N–H and O–H groups in total. The summed E-state index contributed by atoms with van der Waals surface area (Å²) in [5.74, 6) is 0.764. The lowest BCUT2D eigenvalue weighted by Crippen LogP contribution is -2.49. The van der Waals surface area contributed by atoms with Crippen LogP contribution in [0.15, 0.2) is 54.9 Å². The molecule has 0 radical (unpaired) electrons. The molecule has 1 saturated heterocycles. The largest absolute Gasteiger partial charge is 0.352 e. The smallest absolute Gasteiger partial charge is 0.269 e. The molecular weight excluding hydrogens is 346 g/mol. The highest BCUT2D eigenvalue weighted by Gasteiger charge is 2.24. The number of non-ortho nitro benzene ring substituents is 1. The van der Waals surface area contributed by atoms with Gasteiger partial charge in [0.2, 0.25) is 0 Å². The molecule has 1 aromatic heterocycles. The van der Waals surface area contributed by atoms with Crippen molar-refractivity contribution in [1.82, 2.24) is 14.9 Å². The quantitative estimate of drug-likeness (QED) is 0.524. The summed E-state index contributed by atoms with van der Waals surface area (Å²) in [5.41, 5.74) is 1.33. The summed E-state index contributed by atoms with van der Waals surface area (Å²) in [6, 6.07) is 13.6. The number of amides is 1. The molecule has 3 aromatic rings. The summed E-state index contributed by atoms with van der Waals surface area (Å²) >= 11 is 0. The van der Waals surface area contributed by atoms with Gasteiger partial charge < -0.3 is 9.80 Å². The van der Waals surface area contributed by atoms with Crippen molar-refractivity contribution < 1.29 is 9.72 Å². The van der Waals surface area contributed by atoms with Crippen molar-refractivity contribution in [2.75, 3.05) is 31.1 Å². The van der Waals surface area contributed by atoms with Crippen LogP contribution in [0.5, 0.6) is 0 Å². The van der Waals surface area contributed by atoms with Gasteiger partial charge in [-0.05, 0) is 24.3 Å². The predicted octanol–water partition coefficient (Wildman–Crippen LogP) is 2.50. The van der Waals surface area contributed by atoms with Gasteiger partial charge in [-0.3, -0.25) is 14.9 Å². The maximum Gasteiger partial charge on any atom is 0.269 e. The van der Waals surface area contributed by atoms with Crippen molar-refractivity contribution in [3.63, 3.8) is 0 Å². The van der Waals surface area contributed by atoms with Gasteiger partial charge in [0.15, 0.2) is 0 Å². The Hall–Kier alpha value is -3.55. The number of aromatic nitrogens is 2. The van der Waals surface area contributed by atoms with Gasteiger partial charge in [0.25, 0.3) is 11.6 Å². The molecule has 8 heteroatoms. The zero-order valence-electron chi connectivity index (χ0n) is 14.5. The van der Waals surface area contributed by atoms with Gasteiger partial charge >= 0.3 is 0 Å². The number of anilines is 1. The van der Waals surface area contributed by atoms with E-state index in [1.165, 1.54) is 24.3 Å². The van der Waals surface area contributed by atoms with Crippen LogP contribution in [-0.2, 0) is 0 Å². The van der Waals surface area contributed by atoms with Crippen LogP contribution < -0.4 is 4.90 Å². The van der Waals surface area contributed by atoms with Crippen LogP contribution in [0.1, 0.15) is 10.4 Å². The summed E-state index contributed by atoms with van der Waals surface area (Å²) in [6.07, 6.45) is 1.56. The number of carbonyl (C=O) groups excluding carboxylic acids is 1. The molecule has 4 rings (SSSR count). The third-order valence-electron chi connectivity index (χ3n) is 4.71. The number of fused-ring (bicyclic) bond motifs is 1. The van der Waals surface area contributed by atoms with Crippen LogP contribution in [0.2, 0.25) is 0 Å². The molecule has 1 aliphatic rings.